The standard InChI is InChI=1S/C19H27N7O2/c1-4-28-15-9-7-14(8-10-15)21-19(27)20-13-16-22-17(25(2)3)24-18(23-16)26-11-5-6-12-26/h7-10H,4-6,11-13H2,1-3H3,(H2,20,21,27). The van der Waals surface area contributed by atoms with Crippen molar-refractivity contribution in [1.82, 2.24) is 20.3 Å². The van der Waals surface area contributed by atoms with Crippen molar-refractivity contribution in [1.29, 1.82) is 0 Å². The number of nitrogens with one attached hydrogen (secondary N) is 2. The molecule has 9 nitrogen and oxygen atoms in total. The Morgan fingerprint density at radius 1 is 1.14 bits per heavy atom. The van der Waals surface area contributed by atoms with E-state index in [1.807, 2.05) is 38.1 Å². The number of aromatic nitrogens is 3. The van der Waals surface area contributed by atoms with Crippen molar-refractivity contribution in [2.24, 2.45) is 0 Å². The second kappa shape index (κ2) is 9.20. The fraction of sp³-hybridized carbons (Fsp3) is 0.474. The normalized spacial score (nSPS) is 13.3. The first-order chi connectivity index (χ1) is 13.5. The lowest BCUT2D eigenvalue weighted by atomic mass is 10.3. The van der Waals surface area contributed by atoms with Gasteiger partial charge < -0.3 is 25.2 Å². The second-order valence-corrected chi connectivity index (χ2v) is 6.71. The molecule has 0 bridgehead atoms. The molecule has 0 aliphatic carbocycles. The molecular formula is C19H27N7O2. The highest BCUT2D eigenvalue weighted by atomic mass is 16.5. The van der Waals surface area contributed by atoms with E-state index in [-0.39, 0.29) is 12.6 Å². The molecule has 0 spiro atoms. The van der Waals surface area contributed by atoms with Crippen molar-refractivity contribution in [2.75, 3.05) is 48.9 Å². The van der Waals surface area contributed by atoms with Gasteiger partial charge in [0.05, 0.1) is 13.2 Å². The summed E-state index contributed by atoms with van der Waals surface area (Å²) in [5.74, 6) is 2.55. The number of carbonyl (C=O) groups excluding carboxylic acids is 1. The van der Waals surface area contributed by atoms with Gasteiger partial charge in [0.25, 0.3) is 0 Å². The van der Waals surface area contributed by atoms with Crippen molar-refractivity contribution in [3.63, 3.8) is 0 Å². The van der Waals surface area contributed by atoms with E-state index in [2.05, 4.69) is 30.5 Å². The van der Waals surface area contributed by atoms with Gasteiger partial charge in [-0.25, -0.2) is 4.79 Å². The van der Waals surface area contributed by atoms with E-state index in [1.165, 1.54) is 0 Å². The smallest absolute Gasteiger partial charge is 0.319 e. The van der Waals surface area contributed by atoms with Crippen LogP contribution in [0.15, 0.2) is 24.3 Å². The van der Waals surface area contributed by atoms with Crippen LogP contribution in [0.3, 0.4) is 0 Å². The fourth-order valence-electron chi connectivity index (χ4n) is 2.87. The van der Waals surface area contributed by atoms with Crippen molar-refractivity contribution < 1.29 is 9.53 Å². The minimum Gasteiger partial charge on any atom is -0.494 e. The number of carbonyl (C=O) groups is 1. The van der Waals surface area contributed by atoms with Crippen molar-refractivity contribution >= 4 is 23.6 Å². The van der Waals surface area contributed by atoms with E-state index in [9.17, 15) is 4.79 Å². The molecule has 150 valence electrons. The van der Waals surface area contributed by atoms with Gasteiger partial charge in [0.1, 0.15) is 5.75 Å². The van der Waals surface area contributed by atoms with Gasteiger partial charge in [0.15, 0.2) is 5.82 Å². The second-order valence-electron chi connectivity index (χ2n) is 6.71. The summed E-state index contributed by atoms with van der Waals surface area (Å²) in [6, 6.07) is 6.90. The molecule has 0 unspecified atom stereocenters. The summed E-state index contributed by atoms with van der Waals surface area (Å²) in [6.07, 6.45) is 2.28. The Morgan fingerprint density at radius 3 is 2.50 bits per heavy atom. The monoisotopic (exact) mass is 385 g/mol. The third kappa shape index (κ3) is 5.21. The molecule has 0 saturated carbocycles. The largest absolute Gasteiger partial charge is 0.494 e. The summed E-state index contributed by atoms with van der Waals surface area (Å²) in [6.45, 7) is 4.64. The van der Waals surface area contributed by atoms with Gasteiger partial charge in [-0.15, -0.1) is 0 Å². The van der Waals surface area contributed by atoms with Crippen LogP contribution in [-0.4, -0.2) is 54.8 Å². The number of hydrogen-bond acceptors (Lipinski definition) is 7. The Balaban J connectivity index is 1.61. The Hall–Kier alpha value is -3.10. The number of ether oxygens (including phenoxy) is 1. The zero-order valence-electron chi connectivity index (χ0n) is 16.6. The van der Waals surface area contributed by atoms with E-state index in [1.54, 1.807) is 12.1 Å². The Bertz CT molecular complexity index is 789. The van der Waals surface area contributed by atoms with Crippen LogP contribution >= 0.6 is 0 Å². The number of hydrogen-bond donors (Lipinski definition) is 2. The Morgan fingerprint density at radius 2 is 1.86 bits per heavy atom. The van der Waals surface area contributed by atoms with Crippen molar-refractivity contribution in [3.05, 3.63) is 30.1 Å². The summed E-state index contributed by atoms with van der Waals surface area (Å²) >= 11 is 0. The predicted octanol–water partition coefficient (Wildman–Crippen LogP) is 2.26. The van der Waals surface area contributed by atoms with Crippen LogP contribution in [0.1, 0.15) is 25.6 Å². The van der Waals surface area contributed by atoms with Crippen LogP contribution in [0.5, 0.6) is 5.75 Å². The summed E-state index contributed by atoms with van der Waals surface area (Å²) in [4.78, 5) is 29.7. The lowest BCUT2D eigenvalue weighted by Crippen LogP contribution is -2.30. The van der Waals surface area contributed by atoms with Crippen molar-refractivity contribution in [3.8, 4) is 5.75 Å². The lowest BCUT2D eigenvalue weighted by Gasteiger charge is -2.19. The summed E-state index contributed by atoms with van der Waals surface area (Å²) in [5, 5.41) is 5.59. The van der Waals surface area contributed by atoms with Crippen LogP contribution in [0, 0.1) is 0 Å². The quantitative estimate of drug-likeness (QED) is 0.755. The number of amides is 2. The molecule has 1 aliphatic rings. The molecule has 1 aromatic heterocycles. The molecular weight excluding hydrogens is 358 g/mol. The molecule has 1 aromatic carbocycles. The minimum absolute atomic E-state index is 0.215. The zero-order chi connectivity index (χ0) is 19.9. The number of nitrogens with zero attached hydrogens (tertiary/aromatic N) is 5. The molecule has 0 atom stereocenters. The molecule has 1 saturated heterocycles. The number of benzene rings is 1. The molecule has 1 aliphatic heterocycles. The van der Waals surface area contributed by atoms with Gasteiger partial charge in [0.2, 0.25) is 11.9 Å². The highest BCUT2D eigenvalue weighted by molar-refractivity contribution is 5.89. The lowest BCUT2D eigenvalue weighted by molar-refractivity contribution is 0.251. The molecule has 2 heterocycles. The third-order valence-corrected chi connectivity index (χ3v) is 4.28. The molecule has 3 rings (SSSR count). The Labute approximate surface area is 165 Å². The SMILES string of the molecule is CCOc1ccc(NC(=O)NCc2nc(N(C)C)nc(N3CCCC3)n2)cc1. The third-order valence-electron chi connectivity index (χ3n) is 4.28. The number of rotatable bonds is 7. The molecule has 28 heavy (non-hydrogen) atoms. The first-order valence-electron chi connectivity index (χ1n) is 9.50. The highest BCUT2D eigenvalue weighted by Crippen LogP contribution is 2.18. The maximum Gasteiger partial charge on any atom is 0.319 e. The summed E-state index contributed by atoms with van der Waals surface area (Å²) in [7, 11) is 3.78. The topological polar surface area (TPSA) is 95.5 Å². The summed E-state index contributed by atoms with van der Waals surface area (Å²) < 4.78 is 5.40. The van der Waals surface area contributed by atoms with Gasteiger partial charge in [-0.3, -0.25) is 0 Å². The van der Waals surface area contributed by atoms with Crippen LogP contribution in [0.25, 0.3) is 0 Å². The Kier molecular flexibility index (Phi) is 6.46. The molecule has 0 radical (unpaired) electrons. The zero-order valence-corrected chi connectivity index (χ0v) is 16.6. The summed E-state index contributed by atoms with van der Waals surface area (Å²) in [5.41, 5.74) is 0.684. The van der Waals surface area contributed by atoms with Crippen LogP contribution < -0.4 is 25.2 Å². The average molecular weight is 385 g/mol. The van der Waals surface area contributed by atoms with Gasteiger partial charge in [0, 0.05) is 32.9 Å². The molecule has 2 amide bonds. The van der Waals surface area contributed by atoms with Gasteiger partial charge in [-0.05, 0) is 44.0 Å². The average Bonchev–Trinajstić information content (AvgIpc) is 3.23. The maximum atomic E-state index is 12.2. The van der Waals surface area contributed by atoms with Gasteiger partial charge in [-0.1, -0.05) is 0 Å². The maximum absolute atomic E-state index is 12.2. The minimum atomic E-state index is -0.321. The van der Waals surface area contributed by atoms with E-state index in [4.69, 9.17) is 4.74 Å². The van der Waals surface area contributed by atoms with Crippen LogP contribution in [-0.2, 0) is 6.54 Å². The van der Waals surface area contributed by atoms with E-state index in [0.717, 1.165) is 31.7 Å². The first kappa shape index (κ1) is 19.7. The molecule has 9 heteroatoms. The van der Waals surface area contributed by atoms with Gasteiger partial charge >= 0.3 is 6.03 Å². The van der Waals surface area contributed by atoms with Crippen LogP contribution in [0.2, 0.25) is 0 Å². The molecule has 2 N–H and O–H groups in total. The van der Waals surface area contributed by atoms with E-state index in [0.29, 0.717) is 30.0 Å². The fourth-order valence-corrected chi connectivity index (χ4v) is 2.87. The van der Waals surface area contributed by atoms with E-state index >= 15 is 0 Å². The van der Waals surface area contributed by atoms with Crippen molar-refractivity contribution in [2.45, 2.75) is 26.3 Å². The van der Waals surface area contributed by atoms with Gasteiger partial charge in [-0.2, -0.15) is 15.0 Å². The number of anilines is 3. The predicted molar refractivity (Wildman–Crippen MR) is 109 cm³/mol. The van der Waals surface area contributed by atoms with E-state index < -0.39 is 0 Å². The molecule has 1 fully saturated rings. The first-order valence-corrected chi connectivity index (χ1v) is 9.50. The highest BCUT2D eigenvalue weighted by Gasteiger charge is 2.18. The number of urea groups is 1. The molecule has 2 aromatic rings. The van der Waals surface area contributed by atoms with Crippen LogP contribution in [0.4, 0.5) is 22.4 Å².